The van der Waals surface area contributed by atoms with Gasteiger partial charge in [-0.15, -0.1) is 0 Å². The molecular weight excluding hydrogens is 248 g/mol. The van der Waals surface area contributed by atoms with Gasteiger partial charge in [-0.3, -0.25) is 0 Å². The van der Waals surface area contributed by atoms with Crippen LogP contribution in [-0.4, -0.2) is 9.13 Å². The van der Waals surface area contributed by atoms with Gasteiger partial charge in [-0.05, 0) is 0 Å². The molecule has 0 saturated heterocycles. The number of hydrogen-bond donors (Lipinski definition) is 0. The second-order valence-electron chi connectivity index (χ2n) is 5.27. The highest BCUT2D eigenvalue weighted by Crippen LogP contribution is 2.08. The van der Waals surface area contributed by atoms with Crippen molar-refractivity contribution in [1.29, 1.82) is 0 Å². The minimum atomic E-state index is 0.907. The number of rotatable bonds is 4. The Labute approximate surface area is 119 Å². The summed E-state index contributed by atoms with van der Waals surface area (Å²) in [7, 11) is 4.09. The summed E-state index contributed by atoms with van der Waals surface area (Å²) >= 11 is 0. The van der Waals surface area contributed by atoms with Crippen LogP contribution in [0.25, 0.3) is 0 Å². The van der Waals surface area contributed by atoms with E-state index in [-0.39, 0.29) is 0 Å². The van der Waals surface area contributed by atoms with Crippen molar-refractivity contribution in [2.24, 2.45) is 14.1 Å². The van der Waals surface area contributed by atoms with E-state index in [9.17, 15) is 0 Å². The van der Waals surface area contributed by atoms with Crippen LogP contribution in [-0.2, 0) is 27.2 Å². The Morgan fingerprint density at radius 3 is 1.60 bits per heavy atom. The molecule has 0 spiro atoms. The predicted octanol–water partition coefficient (Wildman–Crippen LogP) is 1.04. The molecule has 0 bridgehead atoms. The molecule has 0 saturated carbocycles. The van der Waals surface area contributed by atoms with Crippen LogP contribution in [0.5, 0.6) is 0 Å². The maximum atomic E-state index is 2.21. The van der Waals surface area contributed by atoms with Gasteiger partial charge in [0, 0.05) is 11.1 Å². The molecule has 0 unspecified atom stereocenters. The molecule has 102 valence electrons. The molecule has 0 fully saturated rings. The molecule has 20 heavy (non-hydrogen) atoms. The molecule has 3 aromatic rings. The van der Waals surface area contributed by atoms with E-state index in [4.69, 9.17) is 0 Å². The van der Waals surface area contributed by atoms with Gasteiger partial charge in [0.25, 0.3) is 0 Å². The molecule has 4 nitrogen and oxygen atoms in total. The van der Waals surface area contributed by atoms with E-state index >= 15 is 0 Å². The molecule has 2 heterocycles. The summed E-state index contributed by atoms with van der Waals surface area (Å²) in [5, 5.41) is 0. The second kappa shape index (κ2) is 5.33. The normalized spacial score (nSPS) is 10.9. The average Bonchev–Trinajstić information content (AvgIpc) is 3.01. The van der Waals surface area contributed by atoms with Crippen LogP contribution >= 0.6 is 0 Å². The third kappa shape index (κ3) is 2.79. The van der Waals surface area contributed by atoms with E-state index in [1.165, 1.54) is 11.1 Å². The molecule has 0 aliphatic heterocycles. The number of aromatic nitrogens is 4. The molecule has 0 amide bonds. The Hall–Kier alpha value is -2.36. The van der Waals surface area contributed by atoms with Crippen molar-refractivity contribution in [2.45, 2.75) is 13.1 Å². The van der Waals surface area contributed by atoms with E-state index in [0.717, 1.165) is 13.1 Å². The van der Waals surface area contributed by atoms with Crippen LogP contribution in [0.1, 0.15) is 11.1 Å². The monoisotopic (exact) mass is 268 g/mol. The van der Waals surface area contributed by atoms with E-state index in [1.54, 1.807) is 0 Å². The molecule has 0 aliphatic carbocycles. The first kappa shape index (κ1) is 12.7. The standard InChI is InChI=1S/C16H20N4/c1-17-7-9-19(13-17)11-15-5-3-4-6-16(15)12-20-10-8-18(2)14-20/h3-10,13-14H,11-12H2,1-2H3/q+2. The fraction of sp³-hybridized carbons (Fsp3) is 0.250. The highest BCUT2D eigenvalue weighted by Gasteiger charge is 2.09. The fourth-order valence-electron chi connectivity index (χ4n) is 2.45. The molecule has 3 rings (SSSR count). The van der Waals surface area contributed by atoms with Crippen LogP contribution in [0, 0.1) is 0 Å². The third-order valence-electron chi connectivity index (χ3n) is 3.47. The van der Waals surface area contributed by atoms with Crippen molar-refractivity contribution in [1.82, 2.24) is 9.13 Å². The zero-order chi connectivity index (χ0) is 13.9. The van der Waals surface area contributed by atoms with Gasteiger partial charge in [0.15, 0.2) is 0 Å². The molecular formula is C16H20N4+2. The van der Waals surface area contributed by atoms with E-state index in [0.29, 0.717) is 0 Å². The van der Waals surface area contributed by atoms with Gasteiger partial charge >= 0.3 is 0 Å². The number of nitrogens with zero attached hydrogens (tertiary/aromatic N) is 4. The van der Waals surface area contributed by atoms with Gasteiger partial charge in [0.05, 0.1) is 14.1 Å². The number of hydrogen-bond acceptors (Lipinski definition) is 0. The van der Waals surface area contributed by atoms with Crippen molar-refractivity contribution in [3.8, 4) is 0 Å². The van der Waals surface area contributed by atoms with Crippen LogP contribution in [0.3, 0.4) is 0 Å². The summed E-state index contributed by atoms with van der Waals surface area (Å²) in [5.74, 6) is 0. The number of aryl methyl sites for hydroxylation is 2. The topological polar surface area (TPSA) is 17.6 Å². The van der Waals surface area contributed by atoms with Crippen LogP contribution < -0.4 is 9.13 Å². The Balaban J connectivity index is 1.84. The van der Waals surface area contributed by atoms with E-state index in [1.807, 2.05) is 14.1 Å². The molecule has 0 N–H and O–H groups in total. The Kier molecular flexibility index (Phi) is 3.37. The maximum Gasteiger partial charge on any atom is 0.243 e. The minimum Gasteiger partial charge on any atom is -0.240 e. The molecule has 1 aromatic carbocycles. The summed E-state index contributed by atoms with van der Waals surface area (Å²) in [5.41, 5.74) is 2.72. The minimum absolute atomic E-state index is 0.907. The second-order valence-corrected chi connectivity index (χ2v) is 5.27. The summed E-state index contributed by atoms with van der Waals surface area (Å²) in [6, 6.07) is 8.63. The van der Waals surface area contributed by atoms with Crippen LogP contribution in [0.4, 0.5) is 0 Å². The lowest BCUT2D eigenvalue weighted by atomic mass is 10.1. The molecule has 0 atom stereocenters. The Morgan fingerprint density at radius 2 is 1.25 bits per heavy atom. The van der Waals surface area contributed by atoms with Gasteiger partial charge < -0.3 is 0 Å². The van der Waals surface area contributed by atoms with E-state index in [2.05, 4.69) is 80.0 Å². The largest absolute Gasteiger partial charge is 0.243 e. The maximum absolute atomic E-state index is 2.21. The van der Waals surface area contributed by atoms with Crippen LogP contribution in [0.15, 0.2) is 61.7 Å². The summed E-state index contributed by atoms with van der Waals surface area (Å²) in [4.78, 5) is 0. The SMILES string of the molecule is Cn1cc[n+](Cc2ccccc2C[n+]2ccn(C)c2)c1. The Bertz CT molecular complexity index is 647. The first-order valence-electron chi connectivity index (χ1n) is 6.79. The van der Waals surface area contributed by atoms with Crippen molar-refractivity contribution < 1.29 is 9.13 Å². The molecule has 2 aromatic heterocycles. The summed E-state index contributed by atoms with van der Waals surface area (Å²) in [6.45, 7) is 1.81. The van der Waals surface area contributed by atoms with Crippen molar-refractivity contribution in [3.05, 3.63) is 72.8 Å². The first-order valence-corrected chi connectivity index (χ1v) is 6.79. The predicted molar refractivity (Wildman–Crippen MR) is 75.9 cm³/mol. The van der Waals surface area contributed by atoms with Gasteiger partial charge in [-0.2, -0.15) is 0 Å². The van der Waals surface area contributed by atoms with Crippen LogP contribution in [0.2, 0.25) is 0 Å². The zero-order valence-corrected chi connectivity index (χ0v) is 12.0. The van der Waals surface area contributed by atoms with Gasteiger partial charge in [0.2, 0.25) is 12.7 Å². The van der Waals surface area contributed by atoms with Crippen molar-refractivity contribution in [3.63, 3.8) is 0 Å². The van der Waals surface area contributed by atoms with Gasteiger partial charge in [0.1, 0.15) is 37.9 Å². The molecule has 4 heteroatoms. The van der Waals surface area contributed by atoms with Crippen molar-refractivity contribution in [2.75, 3.05) is 0 Å². The zero-order valence-electron chi connectivity index (χ0n) is 12.0. The lowest BCUT2D eigenvalue weighted by Gasteiger charge is -2.05. The lowest BCUT2D eigenvalue weighted by Crippen LogP contribution is -2.35. The van der Waals surface area contributed by atoms with Crippen molar-refractivity contribution >= 4 is 0 Å². The smallest absolute Gasteiger partial charge is 0.240 e. The first-order chi connectivity index (χ1) is 9.70. The van der Waals surface area contributed by atoms with Gasteiger partial charge in [-0.25, -0.2) is 18.3 Å². The summed E-state index contributed by atoms with van der Waals surface area (Å²) < 4.78 is 8.53. The van der Waals surface area contributed by atoms with E-state index < -0.39 is 0 Å². The van der Waals surface area contributed by atoms with Gasteiger partial charge in [-0.1, -0.05) is 24.3 Å². The third-order valence-corrected chi connectivity index (χ3v) is 3.47. The average molecular weight is 268 g/mol. The molecule has 0 radical (unpaired) electrons. The summed E-state index contributed by atoms with van der Waals surface area (Å²) in [6.07, 6.45) is 12.5. The fourth-order valence-corrected chi connectivity index (χ4v) is 2.45. The quantitative estimate of drug-likeness (QED) is 0.629. The highest BCUT2D eigenvalue weighted by atomic mass is 15.1. The lowest BCUT2D eigenvalue weighted by molar-refractivity contribution is -0.693. The Morgan fingerprint density at radius 1 is 0.800 bits per heavy atom. The highest BCUT2D eigenvalue weighted by molar-refractivity contribution is 5.25. The number of imidazole rings is 2. The molecule has 0 aliphatic rings. The number of benzene rings is 1.